The number of hydrogen-bond acceptors (Lipinski definition) is 3. The van der Waals surface area contributed by atoms with Gasteiger partial charge in [0.25, 0.3) is 0 Å². The molecule has 2 aliphatic rings. The minimum atomic E-state index is -4.72. The van der Waals surface area contributed by atoms with E-state index in [1.54, 1.807) is 12.1 Å². The van der Waals surface area contributed by atoms with Crippen molar-refractivity contribution >= 4 is 5.78 Å². The second-order valence-corrected chi connectivity index (χ2v) is 6.49. The molecule has 0 unspecified atom stereocenters. The molecule has 1 aromatic carbocycles. The Labute approximate surface area is 132 Å². The smallest absolute Gasteiger partial charge is 0.406 e. The van der Waals surface area contributed by atoms with Crippen molar-refractivity contribution in [2.24, 2.45) is 5.92 Å². The van der Waals surface area contributed by atoms with Gasteiger partial charge in [-0.15, -0.1) is 13.2 Å². The zero-order valence-corrected chi connectivity index (χ0v) is 12.6. The standard InChI is InChI=1S/C17H19F3O3/c18-17(19,20)23-12-7-5-11(6-8-12)16(9-2-10-16)15(22)13-3-1-4-14(13)21/h5-8,13,15,22H,1-4,9-10H2/t13-,15-/m0/s1. The van der Waals surface area contributed by atoms with Crippen LogP contribution in [0.15, 0.2) is 24.3 Å². The molecule has 0 bridgehead atoms. The number of ether oxygens (including phenoxy) is 1. The minimum Gasteiger partial charge on any atom is -0.406 e. The lowest BCUT2D eigenvalue weighted by atomic mass is 9.58. The van der Waals surface area contributed by atoms with Gasteiger partial charge in [-0.25, -0.2) is 0 Å². The molecular formula is C17H19F3O3. The highest BCUT2D eigenvalue weighted by molar-refractivity contribution is 5.83. The van der Waals surface area contributed by atoms with Crippen LogP contribution in [-0.2, 0) is 10.2 Å². The summed E-state index contributed by atoms with van der Waals surface area (Å²) in [5.74, 6) is -0.524. The fourth-order valence-electron chi connectivity index (χ4n) is 3.86. The molecule has 2 aliphatic carbocycles. The number of hydrogen-bond donors (Lipinski definition) is 1. The minimum absolute atomic E-state index is 0.0980. The van der Waals surface area contributed by atoms with Crippen molar-refractivity contribution in [3.8, 4) is 5.75 Å². The van der Waals surface area contributed by atoms with Crippen molar-refractivity contribution in [3.05, 3.63) is 29.8 Å². The predicted octanol–water partition coefficient (Wildman–Crippen LogP) is 3.74. The van der Waals surface area contributed by atoms with E-state index in [0.717, 1.165) is 31.2 Å². The summed E-state index contributed by atoms with van der Waals surface area (Å²) in [5.41, 5.74) is 0.270. The average Bonchev–Trinajstić information content (AvgIpc) is 2.84. The SMILES string of the molecule is O=C1CCC[C@@H]1[C@H](O)C1(c2ccc(OC(F)(F)F)cc2)CCC1. The summed E-state index contributed by atoms with van der Waals surface area (Å²) in [6.45, 7) is 0. The van der Waals surface area contributed by atoms with Crippen molar-refractivity contribution in [2.45, 2.75) is 56.4 Å². The molecule has 0 aliphatic heterocycles. The second kappa shape index (κ2) is 5.82. The molecule has 2 fully saturated rings. The first-order valence-corrected chi connectivity index (χ1v) is 7.89. The van der Waals surface area contributed by atoms with Gasteiger partial charge < -0.3 is 9.84 Å². The molecule has 126 valence electrons. The Morgan fingerprint density at radius 3 is 2.26 bits per heavy atom. The van der Waals surface area contributed by atoms with E-state index in [1.807, 2.05) is 0 Å². The summed E-state index contributed by atoms with van der Waals surface area (Å²) in [7, 11) is 0. The summed E-state index contributed by atoms with van der Waals surface area (Å²) >= 11 is 0. The number of Topliss-reactive ketones (excluding diaryl/α,β-unsaturated/α-hetero) is 1. The Balaban J connectivity index is 1.81. The molecule has 0 aromatic heterocycles. The number of benzene rings is 1. The van der Waals surface area contributed by atoms with Gasteiger partial charge in [0.05, 0.1) is 6.10 Å². The van der Waals surface area contributed by atoms with Gasteiger partial charge in [-0.3, -0.25) is 4.79 Å². The third-order valence-corrected chi connectivity index (χ3v) is 5.21. The predicted molar refractivity (Wildman–Crippen MR) is 77.0 cm³/mol. The summed E-state index contributed by atoms with van der Waals surface area (Å²) < 4.78 is 40.6. The summed E-state index contributed by atoms with van der Waals surface area (Å²) in [4.78, 5) is 11.9. The monoisotopic (exact) mass is 328 g/mol. The number of aliphatic hydroxyl groups excluding tert-OH is 1. The number of carbonyl (C=O) groups excluding carboxylic acids is 1. The van der Waals surface area contributed by atoms with E-state index in [0.29, 0.717) is 12.8 Å². The fourth-order valence-corrected chi connectivity index (χ4v) is 3.86. The number of rotatable bonds is 4. The van der Waals surface area contributed by atoms with Gasteiger partial charge in [0, 0.05) is 17.8 Å². The van der Waals surface area contributed by atoms with Crippen molar-refractivity contribution in [1.82, 2.24) is 0 Å². The molecular weight excluding hydrogens is 309 g/mol. The van der Waals surface area contributed by atoms with Gasteiger partial charge in [0.15, 0.2) is 0 Å². The quantitative estimate of drug-likeness (QED) is 0.916. The van der Waals surface area contributed by atoms with Crippen molar-refractivity contribution in [3.63, 3.8) is 0 Å². The number of aliphatic hydroxyl groups is 1. The normalized spacial score (nSPS) is 25.0. The van der Waals surface area contributed by atoms with E-state index in [1.165, 1.54) is 12.1 Å². The van der Waals surface area contributed by atoms with E-state index < -0.39 is 17.9 Å². The number of alkyl halides is 3. The van der Waals surface area contributed by atoms with Crippen LogP contribution in [0.3, 0.4) is 0 Å². The first-order chi connectivity index (χ1) is 10.8. The van der Waals surface area contributed by atoms with Crippen LogP contribution in [0.25, 0.3) is 0 Å². The van der Waals surface area contributed by atoms with Crippen LogP contribution in [-0.4, -0.2) is 23.4 Å². The topological polar surface area (TPSA) is 46.5 Å². The van der Waals surface area contributed by atoms with Crippen LogP contribution in [0.4, 0.5) is 13.2 Å². The third-order valence-electron chi connectivity index (χ3n) is 5.21. The van der Waals surface area contributed by atoms with E-state index in [9.17, 15) is 23.1 Å². The highest BCUT2D eigenvalue weighted by Crippen LogP contribution is 2.50. The van der Waals surface area contributed by atoms with Gasteiger partial charge in [-0.2, -0.15) is 0 Å². The largest absolute Gasteiger partial charge is 0.573 e. The fraction of sp³-hybridized carbons (Fsp3) is 0.588. The van der Waals surface area contributed by atoms with E-state index in [-0.39, 0.29) is 17.5 Å². The lowest BCUT2D eigenvalue weighted by Gasteiger charge is -2.47. The Morgan fingerprint density at radius 2 is 1.83 bits per heavy atom. The molecule has 0 spiro atoms. The first kappa shape index (κ1) is 16.3. The molecule has 0 heterocycles. The van der Waals surface area contributed by atoms with Gasteiger partial charge in [0.2, 0.25) is 0 Å². The summed E-state index contributed by atoms with van der Waals surface area (Å²) in [5, 5.41) is 10.8. The molecule has 1 N–H and O–H groups in total. The van der Waals surface area contributed by atoms with E-state index >= 15 is 0 Å². The molecule has 6 heteroatoms. The summed E-state index contributed by atoms with van der Waals surface area (Å²) in [6.07, 6.45) is -1.04. The molecule has 2 saturated carbocycles. The third kappa shape index (κ3) is 3.09. The maximum absolute atomic E-state index is 12.2. The molecule has 3 nitrogen and oxygen atoms in total. The molecule has 0 radical (unpaired) electrons. The first-order valence-electron chi connectivity index (χ1n) is 7.89. The summed E-state index contributed by atoms with van der Waals surface area (Å²) in [6, 6.07) is 5.68. The lowest BCUT2D eigenvalue weighted by Crippen LogP contribution is -2.50. The van der Waals surface area contributed by atoms with Crippen LogP contribution in [0.2, 0.25) is 0 Å². The molecule has 0 amide bonds. The Bertz CT molecular complexity index is 576. The Morgan fingerprint density at radius 1 is 1.17 bits per heavy atom. The highest BCUT2D eigenvalue weighted by atomic mass is 19.4. The number of ketones is 1. The Kier molecular flexibility index (Phi) is 4.12. The maximum Gasteiger partial charge on any atom is 0.573 e. The molecule has 1 aromatic rings. The van der Waals surface area contributed by atoms with Crippen LogP contribution in [0, 0.1) is 5.92 Å². The molecule has 0 saturated heterocycles. The zero-order chi connectivity index (χ0) is 16.7. The second-order valence-electron chi connectivity index (χ2n) is 6.49. The molecule has 3 rings (SSSR count). The number of halogens is 3. The maximum atomic E-state index is 12.2. The lowest BCUT2D eigenvalue weighted by molar-refractivity contribution is -0.274. The van der Waals surface area contributed by atoms with Gasteiger partial charge in [-0.05, 0) is 43.4 Å². The number of carbonyl (C=O) groups is 1. The van der Waals surface area contributed by atoms with E-state index in [4.69, 9.17) is 0 Å². The molecule has 2 atom stereocenters. The van der Waals surface area contributed by atoms with Crippen molar-refractivity contribution < 1.29 is 27.8 Å². The van der Waals surface area contributed by atoms with Gasteiger partial charge in [-0.1, -0.05) is 18.6 Å². The van der Waals surface area contributed by atoms with Crippen molar-refractivity contribution in [2.75, 3.05) is 0 Å². The van der Waals surface area contributed by atoms with Crippen LogP contribution in [0.5, 0.6) is 5.75 Å². The van der Waals surface area contributed by atoms with Gasteiger partial charge >= 0.3 is 6.36 Å². The Hall–Kier alpha value is -1.56. The zero-order valence-electron chi connectivity index (χ0n) is 12.6. The van der Waals surface area contributed by atoms with Crippen LogP contribution < -0.4 is 4.74 Å². The molecule has 23 heavy (non-hydrogen) atoms. The van der Waals surface area contributed by atoms with Crippen LogP contribution in [0.1, 0.15) is 44.1 Å². The van der Waals surface area contributed by atoms with E-state index in [2.05, 4.69) is 4.74 Å². The highest BCUT2D eigenvalue weighted by Gasteiger charge is 2.50. The van der Waals surface area contributed by atoms with Crippen LogP contribution >= 0.6 is 0 Å². The van der Waals surface area contributed by atoms with Crippen molar-refractivity contribution in [1.29, 1.82) is 0 Å². The average molecular weight is 328 g/mol. The van der Waals surface area contributed by atoms with Gasteiger partial charge in [0.1, 0.15) is 11.5 Å².